The van der Waals surface area contributed by atoms with Crippen molar-refractivity contribution in [1.29, 1.82) is 0 Å². The van der Waals surface area contributed by atoms with Crippen LogP contribution < -0.4 is 0 Å². The second kappa shape index (κ2) is 7.09. The monoisotopic (exact) mass is 240 g/mol. The molecular formula is C12H20N2O3. The summed E-state index contributed by atoms with van der Waals surface area (Å²) in [7, 11) is 3.62. The molecule has 5 heteroatoms. The fraction of sp³-hybridized carbons (Fsp3) is 0.583. The second-order valence-corrected chi connectivity index (χ2v) is 4.14. The van der Waals surface area contributed by atoms with E-state index in [1.165, 1.54) is 0 Å². The zero-order chi connectivity index (χ0) is 12.7. The highest BCUT2D eigenvalue weighted by Crippen LogP contribution is 2.04. The van der Waals surface area contributed by atoms with Crippen LogP contribution in [0.15, 0.2) is 22.8 Å². The maximum absolute atomic E-state index is 11.8. The normalized spacial score (nSPS) is 10.8. The minimum Gasteiger partial charge on any atom is -0.467 e. The smallest absolute Gasteiger partial charge is 0.236 e. The van der Waals surface area contributed by atoms with Gasteiger partial charge < -0.3 is 14.4 Å². The van der Waals surface area contributed by atoms with Crippen LogP contribution in [-0.4, -0.2) is 54.6 Å². The van der Waals surface area contributed by atoms with Gasteiger partial charge in [0.05, 0.1) is 19.4 Å². The molecule has 0 radical (unpaired) electrons. The Kier molecular flexibility index (Phi) is 5.72. The molecule has 0 aliphatic heterocycles. The first kappa shape index (κ1) is 13.7. The molecular weight excluding hydrogens is 220 g/mol. The summed E-state index contributed by atoms with van der Waals surface area (Å²) < 4.78 is 5.18. The summed E-state index contributed by atoms with van der Waals surface area (Å²) in [5.74, 6) is 0.820. The lowest BCUT2D eigenvalue weighted by molar-refractivity contribution is -0.131. The molecule has 96 valence electrons. The predicted molar refractivity (Wildman–Crippen MR) is 64.4 cm³/mol. The largest absolute Gasteiger partial charge is 0.467 e. The summed E-state index contributed by atoms with van der Waals surface area (Å²) in [6.45, 7) is 1.72. The van der Waals surface area contributed by atoms with Crippen LogP contribution in [0.3, 0.4) is 0 Å². The lowest BCUT2D eigenvalue weighted by Gasteiger charge is -2.20. The van der Waals surface area contributed by atoms with Gasteiger partial charge in [0, 0.05) is 20.2 Å². The second-order valence-electron chi connectivity index (χ2n) is 4.14. The minimum absolute atomic E-state index is 0.0434. The molecule has 0 unspecified atom stereocenters. The van der Waals surface area contributed by atoms with Crippen molar-refractivity contribution in [2.75, 3.05) is 33.8 Å². The van der Waals surface area contributed by atoms with Gasteiger partial charge in [-0.05, 0) is 25.6 Å². The Hall–Kier alpha value is -1.33. The Labute approximate surface area is 102 Å². The number of carbonyl (C=O) groups is 1. The molecule has 0 atom stereocenters. The van der Waals surface area contributed by atoms with Crippen molar-refractivity contribution < 1.29 is 14.3 Å². The fourth-order valence-electron chi connectivity index (χ4n) is 1.50. The Morgan fingerprint density at radius 1 is 1.47 bits per heavy atom. The number of aliphatic hydroxyl groups is 1. The molecule has 0 aliphatic rings. The van der Waals surface area contributed by atoms with Gasteiger partial charge in [-0.2, -0.15) is 0 Å². The third kappa shape index (κ3) is 5.01. The number of carbonyl (C=O) groups excluding carboxylic acids is 1. The lowest BCUT2D eigenvalue weighted by Crippen LogP contribution is -2.36. The van der Waals surface area contributed by atoms with Crippen LogP contribution in [0, 0.1) is 0 Å². The van der Waals surface area contributed by atoms with Crippen molar-refractivity contribution in [3.05, 3.63) is 24.2 Å². The van der Waals surface area contributed by atoms with Crippen molar-refractivity contribution in [1.82, 2.24) is 9.80 Å². The van der Waals surface area contributed by atoms with E-state index in [0.29, 0.717) is 19.5 Å². The molecule has 0 aromatic carbocycles. The van der Waals surface area contributed by atoms with E-state index in [-0.39, 0.29) is 12.5 Å². The highest BCUT2D eigenvalue weighted by molar-refractivity contribution is 5.77. The number of hydrogen-bond donors (Lipinski definition) is 1. The van der Waals surface area contributed by atoms with Crippen LogP contribution in [0.1, 0.15) is 12.2 Å². The van der Waals surface area contributed by atoms with E-state index in [2.05, 4.69) is 0 Å². The average molecular weight is 240 g/mol. The number of hydrogen-bond acceptors (Lipinski definition) is 4. The molecule has 1 aromatic heterocycles. The molecule has 0 spiro atoms. The molecule has 0 fully saturated rings. The molecule has 1 aromatic rings. The first-order valence-electron chi connectivity index (χ1n) is 5.69. The van der Waals surface area contributed by atoms with E-state index >= 15 is 0 Å². The van der Waals surface area contributed by atoms with E-state index < -0.39 is 0 Å². The molecule has 1 rings (SSSR count). The number of furan rings is 1. The van der Waals surface area contributed by atoms with Crippen molar-refractivity contribution in [3.63, 3.8) is 0 Å². The minimum atomic E-state index is 0.0434. The number of nitrogens with zero attached hydrogens (tertiary/aromatic N) is 2. The Morgan fingerprint density at radius 2 is 2.24 bits per heavy atom. The van der Waals surface area contributed by atoms with Gasteiger partial charge in [0.1, 0.15) is 5.76 Å². The summed E-state index contributed by atoms with van der Waals surface area (Å²) in [5.41, 5.74) is 0. The van der Waals surface area contributed by atoms with Gasteiger partial charge in [0.2, 0.25) is 5.91 Å². The predicted octanol–water partition coefficient (Wildman–Crippen LogP) is 0.552. The Morgan fingerprint density at radius 3 is 2.82 bits per heavy atom. The summed E-state index contributed by atoms with van der Waals surface area (Å²) in [5, 5.41) is 8.70. The number of likely N-dealkylation sites (N-methyl/N-ethyl adjacent to an activating group) is 2. The van der Waals surface area contributed by atoms with Crippen LogP contribution in [0.2, 0.25) is 0 Å². The van der Waals surface area contributed by atoms with Gasteiger partial charge in [-0.15, -0.1) is 0 Å². The summed E-state index contributed by atoms with van der Waals surface area (Å²) in [4.78, 5) is 15.4. The first-order valence-corrected chi connectivity index (χ1v) is 5.69. The van der Waals surface area contributed by atoms with Gasteiger partial charge >= 0.3 is 0 Å². The van der Waals surface area contributed by atoms with Crippen molar-refractivity contribution >= 4 is 5.91 Å². The van der Waals surface area contributed by atoms with Crippen LogP contribution in [0.4, 0.5) is 0 Å². The molecule has 17 heavy (non-hydrogen) atoms. The van der Waals surface area contributed by atoms with E-state index in [9.17, 15) is 4.79 Å². The zero-order valence-electron chi connectivity index (χ0n) is 10.4. The van der Waals surface area contributed by atoms with Gasteiger partial charge in [-0.3, -0.25) is 9.69 Å². The van der Waals surface area contributed by atoms with Crippen molar-refractivity contribution in [3.8, 4) is 0 Å². The molecule has 1 N–H and O–H groups in total. The topological polar surface area (TPSA) is 56.9 Å². The molecule has 0 saturated heterocycles. The molecule has 0 aliphatic carbocycles. The quantitative estimate of drug-likeness (QED) is 0.756. The van der Waals surface area contributed by atoms with Crippen LogP contribution in [0.25, 0.3) is 0 Å². The lowest BCUT2D eigenvalue weighted by atomic mass is 10.3. The van der Waals surface area contributed by atoms with Crippen LogP contribution >= 0.6 is 0 Å². The number of rotatable bonds is 7. The van der Waals surface area contributed by atoms with E-state index in [0.717, 1.165) is 12.3 Å². The van der Waals surface area contributed by atoms with Crippen LogP contribution in [0.5, 0.6) is 0 Å². The molecule has 1 heterocycles. The van der Waals surface area contributed by atoms with Crippen LogP contribution in [-0.2, 0) is 11.3 Å². The Bertz CT molecular complexity index is 325. The number of amides is 1. The summed E-state index contributed by atoms with van der Waals surface area (Å²) in [6.07, 6.45) is 2.28. The third-order valence-electron chi connectivity index (χ3n) is 2.50. The highest BCUT2D eigenvalue weighted by Gasteiger charge is 2.12. The molecule has 5 nitrogen and oxygen atoms in total. The highest BCUT2D eigenvalue weighted by atomic mass is 16.3. The maximum Gasteiger partial charge on any atom is 0.236 e. The first-order chi connectivity index (χ1) is 8.13. The summed E-state index contributed by atoms with van der Waals surface area (Å²) >= 11 is 0. The maximum atomic E-state index is 11.8. The average Bonchev–Trinajstić information content (AvgIpc) is 2.78. The Balaban J connectivity index is 2.31. The zero-order valence-corrected chi connectivity index (χ0v) is 10.4. The van der Waals surface area contributed by atoms with E-state index in [1.807, 2.05) is 18.0 Å². The van der Waals surface area contributed by atoms with E-state index in [1.54, 1.807) is 24.3 Å². The molecule has 0 bridgehead atoms. The van der Waals surface area contributed by atoms with Gasteiger partial charge in [-0.25, -0.2) is 0 Å². The SMILES string of the molecule is CN(CCCO)CC(=O)N(C)Cc1ccco1. The van der Waals surface area contributed by atoms with Gasteiger partial charge in [0.25, 0.3) is 0 Å². The fourth-order valence-corrected chi connectivity index (χ4v) is 1.50. The van der Waals surface area contributed by atoms with Crippen molar-refractivity contribution in [2.24, 2.45) is 0 Å². The number of aliphatic hydroxyl groups excluding tert-OH is 1. The standard InChI is InChI=1S/C12H20N2O3/c1-13(6-4-7-15)10-12(16)14(2)9-11-5-3-8-17-11/h3,5,8,15H,4,6-7,9-10H2,1-2H3. The van der Waals surface area contributed by atoms with Crippen molar-refractivity contribution in [2.45, 2.75) is 13.0 Å². The third-order valence-corrected chi connectivity index (χ3v) is 2.50. The summed E-state index contributed by atoms with van der Waals surface area (Å²) in [6, 6.07) is 3.65. The van der Waals surface area contributed by atoms with E-state index in [4.69, 9.17) is 9.52 Å². The molecule has 1 amide bonds. The molecule has 0 saturated carbocycles. The van der Waals surface area contributed by atoms with Gasteiger partial charge in [0.15, 0.2) is 0 Å². The van der Waals surface area contributed by atoms with Gasteiger partial charge in [-0.1, -0.05) is 0 Å².